The van der Waals surface area contributed by atoms with E-state index in [1.165, 1.54) is 4.68 Å². The summed E-state index contributed by atoms with van der Waals surface area (Å²) in [6.07, 6.45) is 1.36. The second-order valence-electron chi connectivity index (χ2n) is 7.96. The van der Waals surface area contributed by atoms with Gasteiger partial charge in [0.25, 0.3) is 5.56 Å². The summed E-state index contributed by atoms with van der Waals surface area (Å²) in [5.41, 5.74) is 5.69. The van der Waals surface area contributed by atoms with E-state index in [1.807, 2.05) is 24.8 Å². The first-order valence-electron chi connectivity index (χ1n) is 9.98. The van der Waals surface area contributed by atoms with E-state index in [0.717, 1.165) is 0 Å². The molecule has 2 aromatic rings. The number of amides is 2. The number of piperidine rings is 1. The highest BCUT2D eigenvalue weighted by molar-refractivity contribution is 5.79. The Bertz CT molecular complexity index is 933. The summed E-state index contributed by atoms with van der Waals surface area (Å²) in [6.45, 7) is 5.83. The number of nitrogens with zero attached hydrogens (tertiary/aromatic N) is 4. The molecule has 1 fully saturated rings. The van der Waals surface area contributed by atoms with Crippen LogP contribution in [0.1, 0.15) is 26.7 Å². The van der Waals surface area contributed by atoms with E-state index in [0.29, 0.717) is 36.8 Å². The van der Waals surface area contributed by atoms with E-state index in [1.54, 1.807) is 18.2 Å². The molecule has 1 atom stereocenters. The monoisotopic (exact) mass is 400 g/mol. The average molecular weight is 400 g/mol. The molecule has 3 N–H and O–H groups in total. The zero-order valence-electron chi connectivity index (χ0n) is 16.9. The van der Waals surface area contributed by atoms with Gasteiger partial charge in [-0.05, 0) is 44.0 Å². The molecule has 9 heteroatoms. The third-order valence-electron chi connectivity index (χ3n) is 5.51. The van der Waals surface area contributed by atoms with Crippen molar-refractivity contribution < 1.29 is 9.59 Å². The average Bonchev–Trinajstić information content (AvgIpc) is 2.70. The van der Waals surface area contributed by atoms with Gasteiger partial charge in [-0.3, -0.25) is 19.3 Å². The maximum atomic E-state index is 12.7. The van der Waals surface area contributed by atoms with Crippen molar-refractivity contribution in [3.8, 4) is 0 Å². The van der Waals surface area contributed by atoms with Crippen molar-refractivity contribution in [2.24, 2.45) is 17.6 Å². The van der Waals surface area contributed by atoms with Crippen LogP contribution in [0, 0.1) is 11.8 Å². The van der Waals surface area contributed by atoms with Gasteiger partial charge in [0.1, 0.15) is 5.52 Å². The number of hydrogen-bond acceptors (Lipinski definition) is 6. The molecule has 0 aliphatic carbocycles. The van der Waals surface area contributed by atoms with Crippen LogP contribution in [0.2, 0.25) is 0 Å². The second-order valence-corrected chi connectivity index (χ2v) is 7.96. The van der Waals surface area contributed by atoms with Crippen LogP contribution in [0.3, 0.4) is 0 Å². The van der Waals surface area contributed by atoms with E-state index in [4.69, 9.17) is 5.73 Å². The van der Waals surface area contributed by atoms with Gasteiger partial charge in [0.15, 0.2) is 0 Å². The van der Waals surface area contributed by atoms with Gasteiger partial charge in [0.05, 0.1) is 24.5 Å². The fraction of sp³-hybridized carbons (Fsp3) is 0.550. The maximum absolute atomic E-state index is 12.7. The van der Waals surface area contributed by atoms with Gasteiger partial charge in [0, 0.05) is 5.92 Å². The van der Waals surface area contributed by atoms with Crippen molar-refractivity contribution in [2.45, 2.75) is 39.3 Å². The number of hydrogen-bond donors (Lipinski definition) is 2. The van der Waals surface area contributed by atoms with Crippen molar-refractivity contribution in [3.63, 3.8) is 0 Å². The number of primary amides is 1. The fourth-order valence-corrected chi connectivity index (χ4v) is 3.58. The van der Waals surface area contributed by atoms with Crippen LogP contribution in [0.15, 0.2) is 29.1 Å². The first-order valence-corrected chi connectivity index (χ1v) is 9.98. The number of carbonyl (C=O) groups is 2. The van der Waals surface area contributed by atoms with Gasteiger partial charge in [-0.15, -0.1) is 5.10 Å². The highest BCUT2D eigenvalue weighted by Gasteiger charge is 2.25. The minimum absolute atomic E-state index is 0.101. The first-order chi connectivity index (χ1) is 13.8. The molecule has 2 heterocycles. The Labute approximate surface area is 169 Å². The van der Waals surface area contributed by atoms with Crippen molar-refractivity contribution in [1.29, 1.82) is 0 Å². The maximum Gasteiger partial charge on any atom is 0.277 e. The second kappa shape index (κ2) is 9.13. The lowest BCUT2D eigenvalue weighted by Crippen LogP contribution is -2.49. The first kappa shape index (κ1) is 20.9. The lowest BCUT2D eigenvalue weighted by molar-refractivity contribution is -0.124. The molecular formula is C20H28N6O3. The van der Waals surface area contributed by atoms with Crippen LogP contribution in [0.4, 0.5) is 0 Å². The number of likely N-dealkylation sites (tertiary alicyclic amines) is 1. The molecule has 1 unspecified atom stereocenters. The Hall–Kier alpha value is -2.81. The standard InChI is InChI=1S/C20H28N6O3/c1-13(2)17(11-26-20(29)15-5-3-4-6-16(15)23-24-26)22-18(27)12-25-9-7-14(8-10-25)19(21)28/h3-6,13-14,17H,7-12H2,1-2H3,(H2,21,28)(H,22,27). The third-order valence-corrected chi connectivity index (χ3v) is 5.51. The van der Waals surface area contributed by atoms with Crippen LogP contribution < -0.4 is 16.6 Å². The van der Waals surface area contributed by atoms with Crippen LogP contribution in [-0.4, -0.2) is 57.4 Å². The Morgan fingerprint density at radius 3 is 2.59 bits per heavy atom. The van der Waals surface area contributed by atoms with Gasteiger partial charge < -0.3 is 11.1 Å². The lowest BCUT2D eigenvalue weighted by Gasteiger charge is -2.31. The number of nitrogens with one attached hydrogen (secondary N) is 1. The van der Waals surface area contributed by atoms with Gasteiger partial charge in [0.2, 0.25) is 11.8 Å². The molecular weight excluding hydrogens is 372 g/mol. The SMILES string of the molecule is CC(C)C(Cn1nnc2ccccc2c1=O)NC(=O)CN1CCC(C(N)=O)CC1. The van der Waals surface area contributed by atoms with E-state index in [2.05, 4.69) is 15.6 Å². The molecule has 9 nitrogen and oxygen atoms in total. The Balaban J connectivity index is 1.62. The predicted octanol–water partition coefficient (Wildman–Crippen LogP) is 0.130. The largest absolute Gasteiger partial charge is 0.369 e. The molecule has 1 saturated heterocycles. The van der Waals surface area contributed by atoms with Crippen LogP contribution in [0.25, 0.3) is 10.9 Å². The highest BCUT2D eigenvalue weighted by Crippen LogP contribution is 2.16. The van der Waals surface area contributed by atoms with E-state index >= 15 is 0 Å². The molecule has 0 bridgehead atoms. The number of rotatable bonds is 7. The zero-order valence-corrected chi connectivity index (χ0v) is 16.9. The molecule has 3 rings (SSSR count). The number of benzene rings is 1. The third kappa shape index (κ3) is 5.17. The molecule has 156 valence electrons. The summed E-state index contributed by atoms with van der Waals surface area (Å²) in [7, 11) is 0. The Morgan fingerprint density at radius 1 is 1.24 bits per heavy atom. The summed E-state index contributed by atoms with van der Waals surface area (Å²) >= 11 is 0. The Morgan fingerprint density at radius 2 is 1.93 bits per heavy atom. The molecule has 1 aliphatic rings. The normalized spacial score (nSPS) is 16.8. The molecule has 0 saturated carbocycles. The molecule has 1 aliphatic heterocycles. The molecule has 2 amide bonds. The summed E-state index contributed by atoms with van der Waals surface area (Å²) in [5.74, 6) is -0.366. The van der Waals surface area contributed by atoms with Crippen molar-refractivity contribution in [2.75, 3.05) is 19.6 Å². The highest BCUT2D eigenvalue weighted by atomic mass is 16.2. The van der Waals surface area contributed by atoms with Crippen LogP contribution >= 0.6 is 0 Å². The molecule has 0 spiro atoms. The minimum atomic E-state index is -0.268. The summed E-state index contributed by atoms with van der Waals surface area (Å²) in [4.78, 5) is 38.5. The number of aromatic nitrogens is 3. The number of fused-ring (bicyclic) bond motifs is 1. The zero-order chi connectivity index (χ0) is 21.0. The van der Waals surface area contributed by atoms with E-state index < -0.39 is 0 Å². The number of nitrogens with two attached hydrogens (primary N) is 1. The number of carbonyl (C=O) groups excluding carboxylic acids is 2. The van der Waals surface area contributed by atoms with Crippen molar-refractivity contribution >= 4 is 22.7 Å². The molecule has 1 aromatic carbocycles. The molecule has 1 aromatic heterocycles. The summed E-state index contributed by atoms with van der Waals surface area (Å²) < 4.78 is 1.31. The lowest BCUT2D eigenvalue weighted by atomic mass is 9.96. The molecule has 0 radical (unpaired) electrons. The smallest absolute Gasteiger partial charge is 0.277 e. The quantitative estimate of drug-likeness (QED) is 0.681. The van der Waals surface area contributed by atoms with Gasteiger partial charge in [-0.2, -0.15) is 0 Å². The van der Waals surface area contributed by atoms with Gasteiger partial charge in [-0.25, -0.2) is 4.68 Å². The fourth-order valence-electron chi connectivity index (χ4n) is 3.58. The van der Waals surface area contributed by atoms with Crippen molar-refractivity contribution in [1.82, 2.24) is 25.2 Å². The summed E-state index contributed by atoms with van der Waals surface area (Å²) in [5, 5.41) is 11.7. The van der Waals surface area contributed by atoms with Crippen LogP contribution in [-0.2, 0) is 16.1 Å². The van der Waals surface area contributed by atoms with Gasteiger partial charge in [-0.1, -0.05) is 31.2 Å². The van der Waals surface area contributed by atoms with E-state index in [9.17, 15) is 14.4 Å². The predicted molar refractivity (Wildman–Crippen MR) is 109 cm³/mol. The van der Waals surface area contributed by atoms with Crippen LogP contribution in [0.5, 0.6) is 0 Å². The topological polar surface area (TPSA) is 123 Å². The van der Waals surface area contributed by atoms with Crippen molar-refractivity contribution in [3.05, 3.63) is 34.6 Å². The van der Waals surface area contributed by atoms with Gasteiger partial charge >= 0.3 is 0 Å². The molecule has 29 heavy (non-hydrogen) atoms. The minimum Gasteiger partial charge on any atom is -0.369 e. The van der Waals surface area contributed by atoms with E-state index in [-0.39, 0.29) is 48.3 Å². The summed E-state index contributed by atoms with van der Waals surface area (Å²) in [6, 6.07) is 6.82. The Kier molecular flexibility index (Phi) is 6.58.